The smallest absolute Gasteiger partial charge is 0.227 e. The van der Waals surface area contributed by atoms with Gasteiger partial charge in [0.15, 0.2) is 5.76 Å². The molecule has 2 aliphatic rings. The second-order valence-electron chi connectivity index (χ2n) is 9.04. The molecule has 1 aromatic heterocycles. The predicted molar refractivity (Wildman–Crippen MR) is 133 cm³/mol. The summed E-state index contributed by atoms with van der Waals surface area (Å²) in [4.78, 5) is 12.6. The van der Waals surface area contributed by atoms with E-state index >= 15 is 0 Å². The van der Waals surface area contributed by atoms with E-state index in [0.29, 0.717) is 11.7 Å². The Morgan fingerprint density at radius 2 is 1.74 bits per heavy atom. The maximum atomic E-state index is 12.6. The van der Waals surface area contributed by atoms with E-state index in [-0.39, 0.29) is 11.5 Å². The Labute approximate surface area is 199 Å². The SMILES string of the molecule is COc1cccc(C(c2cc(C)c3ccc(C(C)C)cc(C)c2-3)c2oc(CO)cc(=O)c2O)c1. The Morgan fingerprint density at radius 1 is 0.971 bits per heavy atom. The third-order valence-corrected chi connectivity index (χ3v) is 6.40. The van der Waals surface area contributed by atoms with Gasteiger partial charge in [-0.15, -0.1) is 0 Å². The van der Waals surface area contributed by atoms with E-state index in [4.69, 9.17) is 9.15 Å². The van der Waals surface area contributed by atoms with Crippen LogP contribution in [-0.4, -0.2) is 17.3 Å². The number of hydrogen-bond acceptors (Lipinski definition) is 5. The van der Waals surface area contributed by atoms with Crippen molar-refractivity contribution < 1.29 is 19.4 Å². The maximum absolute atomic E-state index is 12.6. The Kier molecular flexibility index (Phi) is 6.49. The van der Waals surface area contributed by atoms with Gasteiger partial charge in [0.25, 0.3) is 0 Å². The highest BCUT2D eigenvalue weighted by Crippen LogP contribution is 2.46. The highest BCUT2D eigenvalue weighted by Gasteiger charge is 2.30. The number of hydrogen-bond donors (Lipinski definition) is 2. The lowest BCUT2D eigenvalue weighted by molar-refractivity contribution is 0.235. The summed E-state index contributed by atoms with van der Waals surface area (Å²) in [5.74, 6) is 0.178. The minimum Gasteiger partial charge on any atom is -0.502 e. The van der Waals surface area contributed by atoms with Crippen LogP contribution in [0, 0.1) is 13.8 Å². The molecule has 2 aliphatic carbocycles. The van der Waals surface area contributed by atoms with Crippen molar-refractivity contribution in [3.8, 4) is 22.6 Å². The van der Waals surface area contributed by atoms with Gasteiger partial charge in [-0.1, -0.05) is 50.2 Å². The molecule has 1 atom stereocenters. The molecule has 1 unspecified atom stereocenters. The first-order valence-electron chi connectivity index (χ1n) is 11.4. The second-order valence-corrected chi connectivity index (χ2v) is 9.04. The Morgan fingerprint density at radius 3 is 2.41 bits per heavy atom. The van der Waals surface area contributed by atoms with Gasteiger partial charge in [-0.3, -0.25) is 4.79 Å². The summed E-state index contributed by atoms with van der Waals surface area (Å²) in [7, 11) is 1.59. The molecular weight excluding hydrogens is 428 g/mol. The predicted octanol–water partition coefficient (Wildman–Crippen LogP) is 5.87. The second kappa shape index (κ2) is 9.35. The van der Waals surface area contributed by atoms with E-state index in [1.807, 2.05) is 24.3 Å². The van der Waals surface area contributed by atoms with Gasteiger partial charge in [-0.25, -0.2) is 0 Å². The van der Waals surface area contributed by atoms with Gasteiger partial charge in [0.1, 0.15) is 18.1 Å². The molecule has 0 spiro atoms. The number of rotatable bonds is 6. The van der Waals surface area contributed by atoms with Crippen LogP contribution in [0.25, 0.3) is 11.1 Å². The van der Waals surface area contributed by atoms with Gasteiger partial charge in [-0.2, -0.15) is 0 Å². The van der Waals surface area contributed by atoms with Crippen molar-refractivity contribution in [2.24, 2.45) is 0 Å². The molecule has 34 heavy (non-hydrogen) atoms. The first-order chi connectivity index (χ1) is 16.2. The third-order valence-electron chi connectivity index (χ3n) is 6.40. The summed E-state index contributed by atoms with van der Waals surface area (Å²) >= 11 is 0. The summed E-state index contributed by atoms with van der Waals surface area (Å²) < 4.78 is 11.4. The summed E-state index contributed by atoms with van der Waals surface area (Å²) in [6.45, 7) is 8.03. The monoisotopic (exact) mass is 458 g/mol. The topological polar surface area (TPSA) is 79.9 Å². The fourth-order valence-electron chi connectivity index (χ4n) is 4.65. The van der Waals surface area contributed by atoms with Crippen LogP contribution >= 0.6 is 0 Å². The minimum absolute atomic E-state index is 0.0997. The minimum atomic E-state index is -0.589. The first-order valence-corrected chi connectivity index (χ1v) is 11.4. The number of methoxy groups -OCH3 is 1. The number of aromatic hydroxyl groups is 1. The molecule has 0 saturated carbocycles. The Hall–Kier alpha value is -3.57. The van der Waals surface area contributed by atoms with E-state index in [1.54, 1.807) is 7.11 Å². The normalized spacial score (nSPS) is 12.3. The molecule has 0 bridgehead atoms. The highest BCUT2D eigenvalue weighted by atomic mass is 16.5. The zero-order valence-electron chi connectivity index (χ0n) is 20.2. The van der Waals surface area contributed by atoms with Crippen LogP contribution in [0.2, 0.25) is 0 Å². The lowest BCUT2D eigenvalue weighted by Gasteiger charge is -2.20. The van der Waals surface area contributed by atoms with E-state index in [1.165, 1.54) is 5.56 Å². The molecular formula is C29H30O5. The van der Waals surface area contributed by atoms with Crippen LogP contribution in [-0.2, 0) is 6.61 Å². The zero-order chi connectivity index (χ0) is 24.6. The molecule has 2 aromatic rings. The van der Waals surface area contributed by atoms with Crippen molar-refractivity contribution in [2.45, 2.75) is 46.1 Å². The average Bonchev–Trinajstić information content (AvgIpc) is 3.02. The van der Waals surface area contributed by atoms with Crippen LogP contribution in [0.4, 0.5) is 0 Å². The molecule has 2 N–H and O–H groups in total. The molecule has 176 valence electrons. The van der Waals surface area contributed by atoms with Gasteiger partial charge in [0.05, 0.1) is 13.0 Å². The standard InChI is InChI=1S/C29H30O5/c1-16(2)19-9-10-23-17(3)12-24(26(23)18(4)11-19)27(20-7-6-8-21(13-20)33-5)29-28(32)25(31)14-22(15-30)34-29/h6-14,16,27,30,32H,15H2,1-5H3. The van der Waals surface area contributed by atoms with Crippen molar-refractivity contribution in [1.29, 1.82) is 0 Å². The van der Waals surface area contributed by atoms with Crippen LogP contribution in [0.1, 0.15) is 65.0 Å². The zero-order valence-corrected chi connectivity index (χ0v) is 20.2. The van der Waals surface area contributed by atoms with Crippen LogP contribution in [0.5, 0.6) is 11.5 Å². The molecule has 0 radical (unpaired) electrons. The van der Waals surface area contributed by atoms with Gasteiger partial charge in [-0.05, 0) is 70.8 Å². The van der Waals surface area contributed by atoms with Gasteiger partial charge in [0, 0.05) is 6.07 Å². The van der Waals surface area contributed by atoms with Crippen molar-refractivity contribution in [3.05, 3.63) is 104 Å². The molecule has 0 aliphatic heterocycles. The maximum Gasteiger partial charge on any atom is 0.227 e. The quantitative estimate of drug-likeness (QED) is 0.378. The molecule has 5 nitrogen and oxygen atoms in total. The fourth-order valence-corrected chi connectivity index (χ4v) is 4.65. The largest absolute Gasteiger partial charge is 0.502 e. The van der Waals surface area contributed by atoms with E-state index in [0.717, 1.165) is 39.4 Å². The van der Waals surface area contributed by atoms with Crippen molar-refractivity contribution in [1.82, 2.24) is 0 Å². The average molecular weight is 459 g/mol. The van der Waals surface area contributed by atoms with Crippen LogP contribution in [0.15, 0.2) is 63.8 Å². The summed E-state index contributed by atoms with van der Waals surface area (Å²) in [6.07, 6.45) is 0. The number of ether oxygens (including phenoxy) is 1. The number of aliphatic hydroxyl groups excluding tert-OH is 1. The fraction of sp³-hybridized carbons (Fsp3) is 0.276. The van der Waals surface area contributed by atoms with Gasteiger partial charge in [0.2, 0.25) is 11.2 Å². The van der Waals surface area contributed by atoms with Crippen molar-refractivity contribution >= 4 is 0 Å². The van der Waals surface area contributed by atoms with E-state index < -0.39 is 23.7 Å². The van der Waals surface area contributed by atoms with Crippen LogP contribution in [0.3, 0.4) is 0 Å². The first kappa shape index (κ1) is 23.6. The molecule has 4 rings (SSSR count). The third kappa shape index (κ3) is 4.19. The number of aliphatic hydroxyl groups is 1. The van der Waals surface area contributed by atoms with Crippen LogP contribution < -0.4 is 10.2 Å². The van der Waals surface area contributed by atoms with Gasteiger partial charge >= 0.3 is 0 Å². The number of aryl methyl sites for hydroxylation is 2. The van der Waals surface area contributed by atoms with Crippen molar-refractivity contribution in [2.75, 3.05) is 7.11 Å². The Balaban J connectivity index is 2.09. The molecule has 5 heteroatoms. The van der Waals surface area contributed by atoms with Crippen molar-refractivity contribution in [3.63, 3.8) is 0 Å². The highest BCUT2D eigenvalue weighted by molar-refractivity contribution is 5.79. The molecule has 0 fully saturated rings. The molecule has 0 saturated heterocycles. The number of fused-ring (bicyclic) bond motifs is 1. The Bertz CT molecular complexity index is 1370. The molecule has 0 amide bonds. The molecule has 1 aromatic carbocycles. The summed E-state index contributed by atoms with van der Waals surface area (Å²) in [5.41, 5.74) is 6.70. The summed E-state index contributed by atoms with van der Waals surface area (Å²) in [5, 5.41) is 20.5. The lowest BCUT2D eigenvalue weighted by atomic mass is 9.86. The van der Waals surface area contributed by atoms with E-state index in [2.05, 4.69) is 52.0 Å². The number of benzene rings is 1. The lowest BCUT2D eigenvalue weighted by Crippen LogP contribution is -2.11. The summed E-state index contributed by atoms with van der Waals surface area (Å²) in [6, 6.07) is 17.2. The molecule has 1 heterocycles. The van der Waals surface area contributed by atoms with E-state index in [9.17, 15) is 15.0 Å². The van der Waals surface area contributed by atoms with Gasteiger partial charge < -0.3 is 19.4 Å².